The Morgan fingerprint density at radius 1 is 1.67 bits per heavy atom. The molecular weight excluding hydrogens is 226 g/mol. The summed E-state index contributed by atoms with van der Waals surface area (Å²) in [5.74, 6) is 1.15. The predicted molar refractivity (Wildman–Crippen MR) is 67.7 cm³/mol. The minimum Gasteiger partial charge on any atom is -0.361 e. The monoisotopic (exact) mass is 241 g/mol. The molecule has 0 bridgehead atoms. The minimum absolute atomic E-state index is 0.604. The van der Waals surface area contributed by atoms with Crippen molar-refractivity contribution in [3.05, 3.63) is 16.1 Å². The molecule has 15 heavy (non-hydrogen) atoms. The molecule has 0 amide bonds. The van der Waals surface area contributed by atoms with Crippen molar-refractivity contribution in [2.75, 3.05) is 5.75 Å². The molecule has 1 aromatic heterocycles. The molecule has 82 valence electrons. The van der Waals surface area contributed by atoms with Gasteiger partial charge in [0.05, 0.1) is 6.54 Å². The average Bonchev–Trinajstić information content (AvgIpc) is 2.83. The second-order valence-electron chi connectivity index (χ2n) is 3.55. The second-order valence-corrected chi connectivity index (χ2v) is 5.87. The van der Waals surface area contributed by atoms with E-state index in [2.05, 4.69) is 29.1 Å². The van der Waals surface area contributed by atoms with E-state index in [-0.39, 0.29) is 0 Å². The average molecular weight is 241 g/mol. The molecule has 1 atom stereocenters. The van der Waals surface area contributed by atoms with Crippen LogP contribution in [0.1, 0.15) is 23.2 Å². The largest absolute Gasteiger partial charge is 0.361 e. The maximum absolute atomic E-state index is 4.52. The topological polar surface area (TPSA) is 37.3 Å². The molecule has 0 radical (unpaired) electrons. The third-order valence-electron chi connectivity index (χ3n) is 2.27. The van der Waals surface area contributed by atoms with Gasteiger partial charge >= 0.3 is 0 Å². The first-order valence-corrected chi connectivity index (χ1v) is 6.93. The van der Waals surface area contributed by atoms with Crippen LogP contribution in [0, 0.1) is 6.92 Å². The fraction of sp³-hybridized carbons (Fsp3) is 0.600. The van der Waals surface area contributed by atoms with Crippen molar-refractivity contribution in [1.29, 1.82) is 0 Å². The van der Waals surface area contributed by atoms with E-state index in [9.17, 15) is 0 Å². The highest BCUT2D eigenvalue weighted by atomic mass is 32.2. The molecule has 1 fully saturated rings. The van der Waals surface area contributed by atoms with Gasteiger partial charge in [-0.05, 0) is 13.3 Å². The molecule has 1 N–H and O–H groups in total. The van der Waals surface area contributed by atoms with Gasteiger partial charge < -0.3 is 5.32 Å². The van der Waals surface area contributed by atoms with Gasteiger partial charge in [-0.3, -0.25) is 4.99 Å². The highest BCUT2D eigenvalue weighted by Gasteiger charge is 2.17. The van der Waals surface area contributed by atoms with Gasteiger partial charge in [-0.2, -0.15) is 0 Å². The summed E-state index contributed by atoms with van der Waals surface area (Å²) >= 11 is 3.54. The minimum atomic E-state index is 0.604. The van der Waals surface area contributed by atoms with Gasteiger partial charge in [0.15, 0.2) is 5.17 Å². The third kappa shape index (κ3) is 2.95. The highest BCUT2D eigenvalue weighted by Crippen LogP contribution is 2.17. The molecule has 1 saturated heterocycles. The number of amidine groups is 1. The zero-order valence-electron chi connectivity index (χ0n) is 8.99. The zero-order valence-corrected chi connectivity index (χ0v) is 10.6. The van der Waals surface area contributed by atoms with Gasteiger partial charge in [0.2, 0.25) is 0 Å². The Morgan fingerprint density at radius 3 is 3.13 bits per heavy atom. The van der Waals surface area contributed by atoms with Gasteiger partial charge in [0.1, 0.15) is 5.01 Å². The van der Waals surface area contributed by atoms with Crippen molar-refractivity contribution in [2.24, 2.45) is 4.99 Å². The summed E-state index contributed by atoms with van der Waals surface area (Å²) in [7, 11) is 0. The lowest BCUT2D eigenvalue weighted by atomic mass is 10.3. The van der Waals surface area contributed by atoms with E-state index in [1.54, 1.807) is 11.3 Å². The molecular formula is C10H15N3S2. The molecule has 0 spiro atoms. The molecule has 5 heteroatoms. The lowest BCUT2D eigenvalue weighted by Crippen LogP contribution is -2.25. The molecule has 3 nitrogen and oxygen atoms in total. The van der Waals surface area contributed by atoms with E-state index in [0.717, 1.165) is 15.9 Å². The van der Waals surface area contributed by atoms with Crippen LogP contribution in [0.3, 0.4) is 0 Å². The van der Waals surface area contributed by atoms with Crippen molar-refractivity contribution in [3.63, 3.8) is 0 Å². The molecule has 0 aliphatic carbocycles. The van der Waals surface area contributed by atoms with E-state index >= 15 is 0 Å². The van der Waals surface area contributed by atoms with Gasteiger partial charge in [-0.25, -0.2) is 4.98 Å². The fourth-order valence-corrected chi connectivity index (χ4v) is 3.16. The van der Waals surface area contributed by atoms with Crippen LogP contribution in [0.4, 0.5) is 0 Å². The van der Waals surface area contributed by atoms with E-state index < -0.39 is 0 Å². The summed E-state index contributed by atoms with van der Waals surface area (Å²) in [5.41, 5.74) is 0. The first-order valence-electron chi connectivity index (χ1n) is 5.13. The van der Waals surface area contributed by atoms with Crippen molar-refractivity contribution >= 4 is 28.3 Å². The quantitative estimate of drug-likeness (QED) is 0.883. The van der Waals surface area contributed by atoms with Gasteiger partial charge in [0.25, 0.3) is 0 Å². The number of aryl methyl sites for hydroxylation is 1. The number of rotatable bonds is 3. The van der Waals surface area contributed by atoms with E-state index in [4.69, 9.17) is 0 Å². The Hall–Kier alpha value is -0.550. The van der Waals surface area contributed by atoms with Crippen LogP contribution >= 0.6 is 23.1 Å². The van der Waals surface area contributed by atoms with Crippen LogP contribution in [0.5, 0.6) is 0 Å². The summed E-state index contributed by atoms with van der Waals surface area (Å²) in [4.78, 5) is 10.1. The van der Waals surface area contributed by atoms with E-state index in [1.165, 1.54) is 11.3 Å². The predicted octanol–water partition coefficient (Wildman–Crippen LogP) is 2.42. The fourth-order valence-electron chi connectivity index (χ4n) is 1.36. The van der Waals surface area contributed by atoms with Crippen LogP contribution in [-0.2, 0) is 6.54 Å². The number of nitrogens with zero attached hydrogens (tertiary/aromatic N) is 2. The molecule has 0 aromatic carbocycles. The summed E-state index contributed by atoms with van der Waals surface area (Å²) in [6, 6.07) is 0.604. The Labute approximate surface area is 98.4 Å². The maximum Gasteiger partial charge on any atom is 0.157 e. The Bertz CT molecular complexity index is 359. The van der Waals surface area contributed by atoms with Crippen LogP contribution in [-0.4, -0.2) is 21.9 Å². The molecule has 1 aromatic rings. The Balaban J connectivity index is 1.89. The number of aliphatic imine (C=N–C) groups is 1. The number of nitrogens with one attached hydrogen (secondary N) is 1. The van der Waals surface area contributed by atoms with Gasteiger partial charge in [0, 0.05) is 22.9 Å². The lowest BCUT2D eigenvalue weighted by molar-refractivity contribution is 0.667. The Morgan fingerprint density at radius 2 is 2.53 bits per heavy atom. The van der Waals surface area contributed by atoms with Crippen LogP contribution in [0.2, 0.25) is 0 Å². The molecule has 1 aliphatic rings. The number of hydrogen-bond acceptors (Lipinski definition) is 4. The number of hydrogen-bond donors (Lipinski definition) is 1. The zero-order chi connectivity index (χ0) is 10.7. The molecule has 1 aliphatic heterocycles. The third-order valence-corrected chi connectivity index (χ3v) is 4.26. The van der Waals surface area contributed by atoms with Crippen LogP contribution in [0.15, 0.2) is 11.2 Å². The smallest absolute Gasteiger partial charge is 0.157 e. The number of aromatic nitrogens is 1. The first-order chi connectivity index (χ1) is 7.28. The first kappa shape index (κ1) is 11.0. The maximum atomic E-state index is 4.52. The van der Waals surface area contributed by atoms with Crippen molar-refractivity contribution < 1.29 is 0 Å². The summed E-state index contributed by atoms with van der Waals surface area (Å²) in [6.07, 6.45) is 3.08. The lowest BCUT2D eigenvalue weighted by Gasteiger charge is -2.04. The normalized spacial score (nSPS) is 23.3. The van der Waals surface area contributed by atoms with Crippen molar-refractivity contribution in [1.82, 2.24) is 10.3 Å². The molecule has 2 rings (SSSR count). The van der Waals surface area contributed by atoms with Crippen LogP contribution in [0.25, 0.3) is 0 Å². The SMILES string of the molecule is CCC1CSC(=NCc2ncc(C)s2)N1. The molecule has 0 saturated carbocycles. The van der Waals surface area contributed by atoms with Crippen LogP contribution < -0.4 is 5.32 Å². The van der Waals surface area contributed by atoms with E-state index in [0.29, 0.717) is 12.6 Å². The number of thiazole rings is 1. The van der Waals surface area contributed by atoms with Crippen molar-refractivity contribution in [3.8, 4) is 0 Å². The summed E-state index contributed by atoms with van der Waals surface area (Å²) < 4.78 is 0. The second kappa shape index (κ2) is 4.99. The molecule has 2 heterocycles. The van der Waals surface area contributed by atoms with Crippen molar-refractivity contribution in [2.45, 2.75) is 32.9 Å². The number of thioether (sulfide) groups is 1. The summed E-state index contributed by atoms with van der Waals surface area (Å²) in [6.45, 7) is 4.99. The molecule has 1 unspecified atom stereocenters. The summed E-state index contributed by atoms with van der Waals surface area (Å²) in [5, 5.41) is 5.59. The standard InChI is InChI=1S/C10H15N3S2/c1-3-8-6-14-10(13-8)12-5-9-11-4-7(2)15-9/h4,8H,3,5-6H2,1-2H3,(H,12,13). The Kier molecular flexibility index (Phi) is 3.64. The van der Waals surface area contributed by atoms with Gasteiger partial charge in [-0.1, -0.05) is 18.7 Å². The van der Waals surface area contributed by atoms with Gasteiger partial charge in [-0.15, -0.1) is 11.3 Å². The highest BCUT2D eigenvalue weighted by molar-refractivity contribution is 8.14. The van der Waals surface area contributed by atoms with E-state index in [1.807, 2.05) is 18.0 Å².